The number of aromatic nitrogens is 1. The highest BCUT2D eigenvalue weighted by molar-refractivity contribution is 6.35. The first-order chi connectivity index (χ1) is 8.11. The van der Waals surface area contributed by atoms with Crippen LogP contribution in [0.1, 0.15) is 5.69 Å². The van der Waals surface area contributed by atoms with Crippen molar-refractivity contribution >= 4 is 28.5 Å². The highest BCUT2D eigenvalue weighted by atomic mass is 35.5. The van der Waals surface area contributed by atoms with E-state index in [-0.39, 0.29) is 11.8 Å². The van der Waals surface area contributed by atoms with Gasteiger partial charge in [0.1, 0.15) is 0 Å². The van der Waals surface area contributed by atoms with Gasteiger partial charge in [-0.3, -0.25) is 9.59 Å². The van der Waals surface area contributed by atoms with E-state index in [4.69, 9.17) is 11.6 Å². The molecule has 1 aromatic heterocycles. The van der Waals surface area contributed by atoms with Crippen LogP contribution >= 0.6 is 11.6 Å². The maximum Gasteiger partial charge on any atom is 0.311 e. The lowest BCUT2D eigenvalue weighted by molar-refractivity contribution is -0.139. The second kappa shape index (κ2) is 4.59. The highest BCUT2D eigenvalue weighted by Gasteiger charge is 2.08. The largest absolute Gasteiger partial charge is 0.469 e. The number of halogens is 1. The average Bonchev–Trinajstić information content (AvgIpc) is 2.30. The van der Waals surface area contributed by atoms with E-state index < -0.39 is 5.97 Å². The van der Waals surface area contributed by atoms with E-state index in [2.05, 4.69) is 9.72 Å². The summed E-state index contributed by atoms with van der Waals surface area (Å²) < 4.78 is 4.54. The Hall–Kier alpha value is -1.81. The van der Waals surface area contributed by atoms with Crippen LogP contribution in [0.4, 0.5) is 0 Å². The first-order valence-corrected chi connectivity index (χ1v) is 5.37. The van der Waals surface area contributed by atoms with Gasteiger partial charge in [0.2, 0.25) is 0 Å². The maximum atomic E-state index is 11.8. The average molecular weight is 252 g/mol. The van der Waals surface area contributed by atoms with Crippen molar-refractivity contribution in [3.8, 4) is 0 Å². The third kappa shape index (κ3) is 2.31. The van der Waals surface area contributed by atoms with E-state index in [1.54, 1.807) is 18.2 Å². The minimum absolute atomic E-state index is 0.0207. The normalized spacial score (nSPS) is 10.5. The molecule has 0 atom stereocenters. The van der Waals surface area contributed by atoms with Crippen molar-refractivity contribution in [3.05, 3.63) is 45.2 Å². The van der Waals surface area contributed by atoms with E-state index in [9.17, 15) is 9.59 Å². The summed E-state index contributed by atoms with van der Waals surface area (Å²) in [5.74, 6) is -0.410. The van der Waals surface area contributed by atoms with Crippen LogP contribution in [-0.4, -0.2) is 18.1 Å². The first-order valence-electron chi connectivity index (χ1n) is 4.99. The molecule has 1 N–H and O–H groups in total. The fourth-order valence-electron chi connectivity index (χ4n) is 1.61. The van der Waals surface area contributed by atoms with Crippen LogP contribution in [0.5, 0.6) is 0 Å². The Labute approximate surface area is 102 Å². The smallest absolute Gasteiger partial charge is 0.311 e. The molecule has 88 valence electrons. The van der Waals surface area contributed by atoms with Gasteiger partial charge in [0.15, 0.2) is 5.43 Å². The number of nitrogens with one attached hydrogen (secondary N) is 1. The molecule has 0 saturated carbocycles. The van der Waals surface area contributed by atoms with Gasteiger partial charge in [-0.15, -0.1) is 0 Å². The number of fused-ring (bicyclic) bond motifs is 1. The van der Waals surface area contributed by atoms with Crippen LogP contribution in [0.2, 0.25) is 5.02 Å². The number of esters is 1. The quantitative estimate of drug-likeness (QED) is 0.830. The van der Waals surface area contributed by atoms with Crippen LogP contribution in [0.25, 0.3) is 10.9 Å². The SMILES string of the molecule is COC(=O)Cc1cc(=O)c2cccc(Cl)c2[nH]1. The number of para-hydroxylation sites is 1. The summed E-state index contributed by atoms with van der Waals surface area (Å²) in [7, 11) is 1.30. The van der Waals surface area contributed by atoms with E-state index in [0.29, 0.717) is 21.6 Å². The Morgan fingerprint density at radius 1 is 1.47 bits per heavy atom. The molecule has 0 aliphatic rings. The predicted octanol–water partition coefficient (Wildman–Crippen LogP) is 1.90. The van der Waals surface area contributed by atoms with Gasteiger partial charge in [0.25, 0.3) is 0 Å². The van der Waals surface area contributed by atoms with Gasteiger partial charge >= 0.3 is 5.97 Å². The summed E-state index contributed by atoms with van der Waals surface area (Å²) in [6.45, 7) is 0. The Bertz CT molecular complexity index is 633. The molecule has 1 heterocycles. The molecule has 2 rings (SSSR count). The number of benzene rings is 1. The van der Waals surface area contributed by atoms with Crippen molar-refractivity contribution in [1.82, 2.24) is 4.98 Å². The molecular weight excluding hydrogens is 242 g/mol. The lowest BCUT2D eigenvalue weighted by atomic mass is 10.1. The number of methoxy groups -OCH3 is 1. The number of H-pyrrole nitrogens is 1. The predicted molar refractivity (Wildman–Crippen MR) is 65.3 cm³/mol. The molecule has 0 saturated heterocycles. The lowest BCUT2D eigenvalue weighted by Gasteiger charge is -2.04. The monoisotopic (exact) mass is 251 g/mol. The lowest BCUT2D eigenvalue weighted by Crippen LogP contribution is -2.11. The summed E-state index contributed by atoms with van der Waals surface area (Å²) in [6.07, 6.45) is 0.0207. The zero-order valence-electron chi connectivity index (χ0n) is 9.12. The molecule has 0 unspecified atom stereocenters. The zero-order chi connectivity index (χ0) is 12.4. The molecule has 0 bridgehead atoms. The van der Waals surface area contributed by atoms with Crippen LogP contribution in [-0.2, 0) is 16.0 Å². The van der Waals surface area contributed by atoms with E-state index in [1.165, 1.54) is 13.2 Å². The van der Waals surface area contributed by atoms with Crippen LogP contribution in [0, 0.1) is 0 Å². The summed E-state index contributed by atoms with van der Waals surface area (Å²) in [5.41, 5.74) is 0.864. The fraction of sp³-hybridized carbons (Fsp3) is 0.167. The van der Waals surface area contributed by atoms with Crippen LogP contribution in [0.3, 0.4) is 0 Å². The fourth-order valence-corrected chi connectivity index (χ4v) is 1.83. The molecule has 2 aromatic rings. The summed E-state index contributed by atoms with van der Waals surface area (Å²) in [6, 6.07) is 6.46. The van der Waals surface area contributed by atoms with Crippen molar-refractivity contribution in [3.63, 3.8) is 0 Å². The molecule has 0 aliphatic carbocycles. The van der Waals surface area contributed by atoms with Crippen molar-refractivity contribution in [2.24, 2.45) is 0 Å². The zero-order valence-corrected chi connectivity index (χ0v) is 9.88. The van der Waals surface area contributed by atoms with Crippen LogP contribution in [0.15, 0.2) is 29.1 Å². The van der Waals surface area contributed by atoms with Gasteiger partial charge in [-0.2, -0.15) is 0 Å². The minimum Gasteiger partial charge on any atom is -0.469 e. The highest BCUT2D eigenvalue weighted by Crippen LogP contribution is 2.19. The van der Waals surface area contributed by atoms with Crippen molar-refractivity contribution < 1.29 is 9.53 Å². The summed E-state index contributed by atoms with van der Waals surface area (Å²) in [4.78, 5) is 25.9. The molecule has 0 spiro atoms. The molecule has 0 aliphatic heterocycles. The molecule has 4 nitrogen and oxygen atoms in total. The van der Waals surface area contributed by atoms with Gasteiger partial charge < -0.3 is 9.72 Å². The number of hydrogen-bond donors (Lipinski definition) is 1. The molecule has 1 aromatic carbocycles. The van der Waals surface area contributed by atoms with Crippen molar-refractivity contribution in [2.45, 2.75) is 6.42 Å². The van der Waals surface area contributed by atoms with Gasteiger partial charge in [0, 0.05) is 17.1 Å². The van der Waals surface area contributed by atoms with E-state index >= 15 is 0 Å². The number of hydrogen-bond acceptors (Lipinski definition) is 3. The van der Waals surface area contributed by atoms with Gasteiger partial charge in [-0.25, -0.2) is 0 Å². The van der Waals surface area contributed by atoms with E-state index in [1.807, 2.05) is 0 Å². The van der Waals surface area contributed by atoms with Crippen molar-refractivity contribution in [1.29, 1.82) is 0 Å². The second-order valence-corrected chi connectivity index (χ2v) is 3.98. The maximum absolute atomic E-state index is 11.8. The molecular formula is C12H10ClNO3. The van der Waals surface area contributed by atoms with Gasteiger partial charge in [-0.1, -0.05) is 17.7 Å². The summed E-state index contributed by atoms with van der Waals surface area (Å²) in [5, 5.41) is 0.956. The Kier molecular flexibility index (Phi) is 3.15. The topological polar surface area (TPSA) is 59.2 Å². The third-order valence-corrected chi connectivity index (χ3v) is 2.75. The molecule has 5 heteroatoms. The van der Waals surface area contributed by atoms with E-state index in [0.717, 1.165) is 0 Å². The van der Waals surface area contributed by atoms with Gasteiger partial charge in [-0.05, 0) is 12.1 Å². The number of ether oxygens (including phenoxy) is 1. The number of pyridine rings is 1. The molecule has 0 radical (unpaired) electrons. The number of carbonyl (C=O) groups is 1. The minimum atomic E-state index is -0.410. The Morgan fingerprint density at radius 3 is 2.94 bits per heavy atom. The van der Waals surface area contributed by atoms with Crippen molar-refractivity contribution in [2.75, 3.05) is 7.11 Å². The number of aromatic amines is 1. The number of rotatable bonds is 2. The Balaban J connectivity index is 2.58. The van der Waals surface area contributed by atoms with Gasteiger partial charge in [0.05, 0.1) is 24.1 Å². The Morgan fingerprint density at radius 2 is 2.24 bits per heavy atom. The molecule has 0 fully saturated rings. The second-order valence-electron chi connectivity index (χ2n) is 3.57. The van der Waals surface area contributed by atoms with Crippen LogP contribution < -0.4 is 5.43 Å². The molecule has 0 amide bonds. The molecule has 17 heavy (non-hydrogen) atoms. The number of carbonyl (C=O) groups excluding carboxylic acids is 1. The summed E-state index contributed by atoms with van der Waals surface area (Å²) >= 11 is 5.99. The first kappa shape index (κ1) is 11.7. The standard InChI is InChI=1S/C12H10ClNO3/c1-17-11(16)6-7-5-10(15)8-3-2-4-9(13)12(8)14-7/h2-5H,6H2,1H3,(H,14,15). The third-order valence-electron chi connectivity index (χ3n) is 2.43.